The van der Waals surface area contributed by atoms with Crippen LogP contribution in [0.5, 0.6) is 0 Å². The first-order valence-corrected chi connectivity index (χ1v) is 5.98. The molecule has 0 spiro atoms. The molecule has 0 fully saturated rings. The van der Waals surface area contributed by atoms with Gasteiger partial charge in [-0.2, -0.15) is 0 Å². The second-order valence-electron chi connectivity index (χ2n) is 4.30. The summed E-state index contributed by atoms with van der Waals surface area (Å²) in [5.41, 5.74) is 3.65. The van der Waals surface area contributed by atoms with Crippen LogP contribution in [0.4, 0.5) is 5.69 Å². The Labute approximate surface area is 105 Å². The molecular weight excluding hydrogens is 230 g/mol. The highest BCUT2D eigenvalue weighted by molar-refractivity contribution is 5.88. The minimum absolute atomic E-state index is 0.0902. The van der Waals surface area contributed by atoms with E-state index in [9.17, 15) is 4.79 Å². The average Bonchev–Trinajstić information content (AvgIpc) is 2.63. The smallest absolute Gasteiger partial charge is 0.221 e. The van der Waals surface area contributed by atoms with Crippen molar-refractivity contribution in [3.05, 3.63) is 29.7 Å². The fraction of sp³-hybridized carbons (Fsp3) is 0.385. The van der Waals surface area contributed by atoms with E-state index < -0.39 is 0 Å². The molecular formula is C13H17N3O2. The Bertz CT molecular complexity index is 575. The number of amides is 1. The molecule has 0 aromatic carbocycles. The van der Waals surface area contributed by atoms with E-state index in [4.69, 9.17) is 5.11 Å². The van der Waals surface area contributed by atoms with Crippen LogP contribution in [0.1, 0.15) is 24.7 Å². The molecule has 2 aromatic rings. The zero-order chi connectivity index (χ0) is 13.1. The third kappa shape index (κ3) is 2.51. The Morgan fingerprint density at radius 3 is 2.94 bits per heavy atom. The van der Waals surface area contributed by atoms with Gasteiger partial charge in [-0.25, -0.2) is 4.98 Å². The summed E-state index contributed by atoms with van der Waals surface area (Å²) >= 11 is 0. The first-order chi connectivity index (χ1) is 8.61. The van der Waals surface area contributed by atoms with Crippen molar-refractivity contribution in [1.29, 1.82) is 0 Å². The summed E-state index contributed by atoms with van der Waals surface area (Å²) in [6.07, 6.45) is 3.34. The van der Waals surface area contributed by atoms with E-state index in [-0.39, 0.29) is 12.5 Å². The molecule has 2 rings (SSSR count). The number of aromatic nitrogens is 2. The van der Waals surface area contributed by atoms with E-state index >= 15 is 0 Å². The molecule has 5 heteroatoms. The van der Waals surface area contributed by atoms with Gasteiger partial charge in [0.2, 0.25) is 5.91 Å². The number of hydrogen-bond acceptors (Lipinski definition) is 3. The molecule has 0 bridgehead atoms. The van der Waals surface area contributed by atoms with Gasteiger partial charge in [0.1, 0.15) is 5.65 Å². The minimum atomic E-state index is -0.0902. The molecule has 18 heavy (non-hydrogen) atoms. The van der Waals surface area contributed by atoms with Gasteiger partial charge in [0.05, 0.1) is 11.4 Å². The van der Waals surface area contributed by atoms with Crippen LogP contribution in [0.25, 0.3) is 5.65 Å². The summed E-state index contributed by atoms with van der Waals surface area (Å²) in [5.74, 6) is -0.0902. The number of aliphatic hydroxyl groups excluding tert-OH is 1. The van der Waals surface area contributed by atoms with E-state index in [1.807, 2.05) is 29.7 Å². The highest BCUT2D eigenvalue weighted by Gasteiger charge is 2.08. The van der Waals surface area contributed by atoms with Crippen molar-refractivity contribution < 1.29 is 9.90 Å². The van der Waals surface area contributed by atoms with Crippen molar-refractivity contribution in [1.82, 2.24) is 9.38 Å². The lowest BCUT2D eigenvalue weighted by molar-refractivity contribution is -0.114. The molecule has 0 aliphatic rings. The van der Waals surface area contributed by atoms with Gasteiger partial charge in [0, 0.05) is 25.4 Å². The molecule has 2 N–H and O–H groups in total. The van der Waals surface area contributed by atoms with Crippen molar-refractivity contribution in [2.75, 3.05) is 11.9 Å². The van der Waals surface area contributed by atoms with Crippen LogP contribution in [0.2, 0.25) is 0 Å². The van der Waals surface area contributed by atoms with E-state index in [0.717, 1.165) is 29.1 Å². The van der Waals surface area contributed by atoms with Gasteiger partial charge in [-0.15, -0.1) is 0 Å². The van der Waals surface area contributed by atoms with Gasteiger partial charge in [0.15, 0.2) is 0 Å². The Balaban J connectivity index is 2.36. The van der Waals surface area contributed by atoms with Gasteiger partial charge in [-0.3, -0.25) is 4.79 Å². The van der Waals surface area contributed by atoms with Crippen molar-refractivity contribution in [3.63, 3.8) is 0 Å². The van der Waals surface area contributed by atoms with E-state index in [0.29, 0.717) is 6.42 Å². The summed E-state index contributed by atoms with van der Waals surface area (Å²) in [6.45, 7) is 3.65. The van der Waals surface area contributed by atoms with E-state index in [2.05, 4.69) is 10.3 Å². The van der Waals surface area contributed by atoms with E-state index in [1.165, 1.54) is 6.92 Å². The molecule has 0 saturated heterocycles. The van der Waals surface area contributed by atoms with Crippen LogP contribution in [-0.4, -0.2) is 27.0 Å². The lowest BCUT2D eigenvalue weighted by Gasteiger charge is -2.03. The summed E-state index contributed by atoms with van der Waals surface area (Å²) < 4.78 is 1.96. The number of aliphatic hydroxyl groups is 1. The third-order valence-corrected chi connectivity index (χ3v) is 2.85. The number of pyridine rings is 1. The van der Waals surface area contributed by atoms with Gasteiger partial charge in [-0.05, 0) is 31.9 Å². The number of hydrogen-bond donors (Lipinski definition) is 2. The topological polar surface area (TPSA) is 66.6 Å². The zero-order valence-corrected chi connectivity index (χ0v) is 10.6. The standard InChI is InChI=1S/C13H17N3O2/c1-9-12(4-3-7-17)15-13-6-5-11(8-16(9)13)14-10(2)18/h5-6,8,17H,3-4,7H2,1-2H3,(H,14,18). The largest absolute Gasteiger partial charge is 0.396 e. The molecule has 0 unspecified atom stereocenters. The second kappa shape index (κ2) is 5.18. The summed E-state index contributed by atoms with van der Waals surface area (Å²) in [5, 5.41) is 11.6. The second-order valence-corrected chi connectivity index (χ2v) is 4.30. The molecule has 2 heterocycles. The molecule has 0 saturated carbocycles. The lowest BCUT2D eigenvalue weighted by atomic mass is 10.2. The Kier molecular flexibility index (Phi) is 3.62. The highest BCUT2D eigenvalue weighted by Crippen LogP contribution is 2.17. The number of carbonyl (C=O) groups excluding carboxylic acids is 1. The normalized spacial score (nSPS) is 10.8. The van der Waals surface area contributed by atoms with Crippen molar-refractivity contribution in [3.8, 4) is 0 Å². The third-order valence-electron chi connectivity index (χ3n) is 2.85. The van der Waals surface area contributed by atoms with Crippen LogP contribution in [0.15, 0.2) is 18.3 Å². The monoisotopic (exact) mass is 247 g/mol. The number of aryl methyl sites for hydroxylation is 2. The zero-order valence-electron chi connectivity index (χ0n) is 10.6. The molecule has 0 atom stereocenters. The first kappa shape index (κ1) is 12.6. The molecule has 0 aliphatic heterocycles. The fourth-order valence-electron chi connectivity index (χ4n) is 1.97. The van der Waals surface area contributed by atoms with Crippen LogP contribution < -0.4 is 5.32 Å². The van der Waals surface area contributed by atoms with Crippen molar-refractivity contribution >= 4 is 17.2 Å². The van der Waals surface area contributed by atoms with Gasteiger partial charge >= 0.3 is 0 Å². The lowest BCUT2D eigenvalue weighted by Crippen LogP contribution is -2.06. The van der Waals surface area contributed by atoms with Crippen LogP contribution in [0, 0.1) is 6.92 Å². The minimum Gasteiger partial charge on any atom is -0.396 e. The summed E-state index contributed by atoms with van der Waals surface area (Å²) in [4.78, 5) is 15.5. The fourth-order valence-corrected chi connectivity index (χ4v) is 1.97. The molecule has 0 aliphatic carbocycles. The summed E-state index contributed by atoms with van der Waals surface area (Å²) in [6, 6.07) is 3.71. The first-order valence-electron chi connectivity index (χ1n) is 5.98. The number of nitrogens with zero attached hydrogens (tertiary/aromatic N) is 2. The van der Waals surface area contributed by atoms with Crippen LogP contribution >= 0.6 is 0 Å². The number of imidazole rings is 1. The van der Waals surface area contributed by atoms with E-state index in [1.54, 1.807) is 0 Å². The van der Waals surface area contributed by atoms with Gasteiger partial charge in [0.25, 0.3) is 0 Å². The maximum Gasteiger partial charge on any atom is 0.221 e. The molecule has 2 aromatic heterocycles. The predicted molar refractivity (Wildman–Crippen MR) is 69.6 cm³/mol. The number of rotatable bonds is 4. The number of fused-ring (bicyclic) bond motifs is 1. The maximum absolute atomic E-state index is 11.0. The number of anilines is 1. The molecule has 0 radical (unpaired) electrons. The van der Waals surface area contributed by atoms with Crippen LogP contribution in [-0.2, 0) is 11.2 Å². The summed E-state index contributed by atoms with van der Waals surface area (Å²) in [7, 11) is 0. The molecule has 1 amide bonds. The number of nitrogens with one attached hydrogen (secondary N) is 1. The maximum atomic E-state index is 11.0. The van der Waals surface area contributed by atoms with Gasteiger partial charge in [-0.1, -0.05) is 0 Å². The number of carbonyl (C=O) groups is 1. The molecule has 5 nitrogen and oxygen atoms in total. The van der Waals surface area contributed by atoms with Crippen molar-refractivity contribution in [2.24, 2.45) is 0 Å². The molecule has 96 valence electrons. The predicted octanol–water partition coefficient (Wildman–Crippen LogP) is 1.53. The average molecular weight is 247 g/mol. The van der Waals surface area contributed by atoms with Gasteiger partial charge < -0.3 is 14.8 Å². The van der Waals surface area contributed by atoms with Crippen LogP contribution in [0.3, 0.4) is 0 Å². The quantitative estimate of drug-likeness (QED) is 0.861. The highest BCUT2D eigenvalue weighted by atomic mass is 16.2. The Hall–Kier alpha value is -1.88. The Morgan fingerprint density at radius 2 is 2.28 bits per heavy atom. The van der Waals surface area contributed by atoms with Crippen molar-refractivity contribution in [2.45, 2.75) is 26.7 Å². The Morgan fingerprint density at radius 1 is 1.50 bits per heavy atom. The SMILES string of the molecule is CC(=O)Nc1ccc2nc(CCCO)c(C)n2c1.